The highest BCUT2D eigenvalue weighted by Crippen LogP contribution is 2.30. The van der Waals surface area contributed by atoms with E-state index in [2.05, 4.69) is 15.3 Å². The van der Waals surface area contributed by atoms with E-state index in [0.717, 1.165) is 24.2 Å². The van der Waals surface area contributed by atoms with E-state index in [-0.39, 0.29) is 12.5 Å². The number of nitrogens with zero attached hydrogens (tertiary/aromatic N) is 1. The molecule has 1 aliphatic rings. The molecule has 3 N–H and O–H groups in total. The Kier molecular flexibility index (Phi) is 6.01. The van der Waals surface area contributed by atoms with E-state index in [4.69, 9.17) is 11.6 Å². The summed E-state index contributed by atoms with van der Waals surface area (Å²) in [7, 11) is 0. The minimum Gasteiger partial charge on any atom is -0.388 e. The van der Waals surface area contributed by atoms with Crippen LogP contribution in [0.3, 0.4) is 0 Å². The van der Waals surface area contributed by atoms with Crippen LogP contribution < -0.4 is 11.0 Å². The van der Waals surface area contributed by atoms with Crippen LogP contribution in [0, 0.1) is 0 Å². The monoisotopic (exact) mass is 393 g/mol. The van der Waals surface area contributed by atoms with Crippen molar-refractivity contribution in [3.05, 3.63) is 51.5 Å². The summed E-state index contributed by atoms with van der Waals surface area (Å²) in [5, 5.41) is 14.2. The number of aliphatic hydroxyl groups is 1. The fraction of sp³-hybridized carbons (Fsp3) is 0.389. The molecule has 0 spiro atoms. The average Bonchev–Trinajstić information content (AvgIpc) is 2.62. The molecule has 3 rings (SSSR count). The second-order valence-electron chi connectivity index (χ2n) is 6.44. The van der Waals surface area contributed by atoms with Crippen LogP contribution in [0.25, 0.3) is 0 Å². The topological polar surface area (TPSA) is 95.1 Å². The number of rotatable bonds is 5. The fourth-order valence-electron chi connectivity index (χ4n) is 3.00. The Hall–Kier alpha value is -1.83. The van der Waals surface area contributed by atoms with Crippen molar-refractivity contribution in [1.82, 2.24) is 15.3 Å². The number of amides is 1. The molecule has 6 nitrogen and oxygen atoms in total. The third-order valence-corrected chi connectivity index (χ3v) is 5.67. The van der Waals surface area contributed by atoms with E-state index in [1.54, 1.807) is 24.3 Å². The molecule has 0 aliphatic heterocycles. The molecule has 1 fully saturated rings. The van der Waals surface area contributed by atoms with Crippen LogP contribution in [0.4, 0.5) is 0 Å². The van der Waals surface area contributed by atoms with E-state index in [0.29, 0.717) is 28.5 Å². The maximum Gasteiger partial charge on any atom is 0.345 e. The number of carbonyl (C=O) groups excluding carboxylic acids is 1. The average molecular weight is 394 g/mol. The maximum absolute atomic E-state index is 12.5. The highest BCUT2D eigenvalue weighted by atomic mass is 35.5. The second-order valence-corrected chi connectivity index (χ2v) is 7.95. The molecule has 2 aromatic rings. The first kappa shape index (κ1) is 18.9. The van der Waals surface area contributed by atoms with Crippen LogP contribution in [0.2, 0.25) is 5.02 Å². The summed E-state index contributed by atoms with van der Waals surface area (Å²) in [6.07, 6.45) is 5.99. The van der Waals surface area contributed by atoms with Gasteiger partial charge in [-0.1, -0.05) is 42.6 Å². The Bertz CT molecular complexity index is 850. The molecule has 1 amide bonds. The first-order chi connectivity index (χ1) is 12.5. The minimum atomic E-state index is -0.832. The summed E-state index contributed by atoms with van der Waals surface area (Å²) in [6.45, 7) is 0.217. The number of hydrogen-bond acceptors (Lipinski definition) is 5. The van der Waals surface area contributed by atoms with E-state index >= 15 is 0 Å². The summed E-state index contributed by atoms with van der Waals surface area (Å²) in [5.74, 6) is -0.324. The number of halogens is 1. The summed E-state index contributed by atoms with van der Waals surface area (Å²) in [6, 6.07) is 6.75. The van der Waals surface area contributed by atoms with Crippen molar-refractivity contribution in [2.45, 2.75) is 47.6 Å². The summed E-state index contributed by atoms with van der Waals surface area (Å²) in [4.78, 5) is 30.9. The minimum absolute atomic E-state index is 0.217. The Morgan fingerprint density at radius 2 is 2.08 bits per heavy atom. The molecule has 1 aromatic carbocycles. The molecule has 0 unspecified atom stereocenters. The van der Waals surface area contributed by atoms with Gasteiger partial charge >= 0.3 is 5.69 Å². The molecule has 1 heterocycles. The van der Waals surface area contributed by atoms with Gasteiger partial charge in [0.15, 0.2) is 0 Å². The zero-order valence-electron chi connectivity index (χ0n) is 14.1. The predicted molar refractivity (Wildman–Crippen MR) is 101 cm³/mol. The molecular formula is C18H20ClN3O3S. The molecule has 26 heavy (non-hydrogen) atoms. The normalized spacial score (nSPS) is 16.2. The number of aromatic amines is 1. The highest BCUT2D eigenvalue weighted by Gasteiger charge is 2.29. The Morgan fingerprint density at radius 1 is 1.31 bits per heavy atom. The molecule has 138 valence electrons. The highest BCUT2D eigenvalue weighted by molar-refractivity contribution is 7.99. The van der Waals surface area contributed by atoms with Gasteiger partial charge < -0.3 is 15.4 Å². The number of hydrogen-bond donors (Lipinski definition) is 3. The standard InChI is InChI=1S/C18H20ClN3O3S/c19-14-5-4-12(26-15-6-9-20-17(24)22-15)10-13(14)16(23)21-11-18(25)7-2-1-3-8-18/h4-6,9-10,25H,1-3,7-8,11H2,(H,21,23)(H,20,22,24). The third-order valence-electron chi connectivity index (χ3n) is 4.41. The van der Waals surface area contributed by atoms with Crippen LogP contribution in [0.5, 0.6) is 0 Å². The lowest BCUT2D eigenvalue weighted by Crippen LogP contribution is -2.44. The number of carbonyl (C=O) groups is 1. The van der Waals surface area contributed by atoms with E-state index in [1.807, 2.05) is 0 Å². The van der Waals surface area contributed by atoms with Crippen LogP contribution in [0.15, 0.2) is 45.2 Å². The molecule has 0 bridgehead atoms. The van der Waals surface area contributed by atoms with Gasteiger partial charge in [0.2, 0.25) is 0 Å². The van der Waals surface area contributed by atoms with Gasteiger partial charge in [0.1, 0.15) is 5.03 Å². The number of H-pyrrole nitrogens is 1. The van der Waals surface area contributed by atoms with E-state index in [1.165, 1.54) is 18.0 Å². The number of aromatic nitrogens is 2. The number of nitrogens with one attached hydrogen (secondary N) is 2. The number of benzene rings is 1. The SMILES string of the molecule is O=C(NCC1(O)CCCCC1)c1cc(Sc2cc[nH]c(=O)n2)ccc1Cl. The molecular weight excluding hydrogens is 374 g/mol. The van der Waals surface area contributed by atoms with Crippen molar-refractivity contribution in [1.29, 1.82) is 0 Å². The fourth-order valence-corrected chi connectivity index (χ4v) is 4.02. The van der Waals surface area contributed by atoms with Crippen molar-refractivity contribution < 1.29 is 9.90 Å². The predicted octanol–water partition coefficient (Wildman–Crippen LogP) is 3.00. The Balaban J connectivity index is 1.70. The molecule has 1 aromatic heterocycles. The van der Waals surface area contributed by atoms with Gasteiger partial charge in [0.05, 0.1) is 16.2 Å². The van der Waals surface area contributed by atoms with Crippen molar-refractivity contribution in [3.63, 3.8) is 0 Å². The molecule has 0 saturated heterocycles. The van der Waals surface area contributed by atoms with Crippen molar-refractivity contribution in [2.75, 3.05) is 6.54 Å². The molecule has 1 aliphatic carbocycles. The molecule has 0 atom stereocenters. The van der Waals surface area contributed by atoms with E-state index < -0.39 is 11.3 Å². The van der Waals surface area contributed by atoms with Gasteiger partial charge in [-0.3, -0.25) is 4.79 Å². The van der Waals surface area contributed by atoms with Crippen LogP contribution in [-0.4, -0.2) is 33.1 Å². The van der Waals surface area contributed by atoms with Crippen molar-refractivity contribution >= 4 is 29.3 Å². The Morgan fingerprint density at radius 3 is 2.81 bits per heavy atom. The van der Waals surface area contributed by atoms with Crippen LogP contribution >= 0.6 is 23.4 Å². The lowest BCUT2D eigenvalue weighted by molar-refractivity contribution is 0.00525. The molecule has 8 heteroatoms. The molecule has 0 radical (unpaired) electrons. The summed E-state index contributed by atoms with van der Waals surface area (Å²) >= 11 is 7.44. The molecule has 1 saturated carbocycles. The zero-order valence-corrected chi connectivity index (χ0v) is 15.7. The van der Waals surface area contributed by atoms with E-state index in [9.17, 15) is 14.7 Å². The van der Waals surface area contributed by atoms with Gasteiger partial charge in [0, 0.05) is 17.6 Å². The quantitative estimate of drug-likeness (QED) is 0.679. The summed E-state index contributed by atoms with van der Waals surface area (Å²) < 4.78 is 0. The smallest absolute Gasteiger partial charge is 0.345 e. The lowest BCUT2D eigenvalue weighted by Gasteiger charge is -2.32. The van der Waals surface area contributed by atoms with Gasteiger partial charge in [-0.05, 0) is 37.1 Å². The van der Waals surface area contributed by atoms with Gasteiger partial charge in [-0.15, -0.1) is 0 Å². The maximum atomic E-state index is 12.5. The van der Waals surface area contributed by atoms with Crippen molar-refractivity contribution in [3.8, 4) is 0 Å². The van der Waals surface area contributed by atoms with Crippen LogP contribution in [0.1, 0.15) is 42.5 Å². The van der Waals surface area contributed by atoms with Crippen molar-refractivity contribution in [2.24, 2.45) is 0 Å². The largest absolute Gasteiger partial charge is 0.388 e. The van der Waals surface area contributed by atoms with Crippen LogP contribution in [-0.2, 0) is 0 Å². The van der Waals surface area contributed by atoms with Gasteiger partial charge in [0.25, 0.3) is 5.91 Å². The zero-order chi connectivity index (χ0) is 18.6. The third kappa shape index (κ3) is 4.87. The first-order valence-electron chi connectivity index (χ1n) is 8.49. The lowest BCUT2D eigenvalue weighted by atomic mass is 9.85. The summed E-state index contributed by atoms with van der Waals surface area (Å²) in [5.41, 5.74) is -0.926. The Labute approximate surface area is 160 Å². The van der Waals surface area contributed by atoms with Gasteiger partial charge in [-0.25, -0.2) is 4.79 Å². The first-order valence-corrected chi connectivity index (χ1v) is 9.68. The van der Waals surface area contributed by atoms with Gasteiger partial charge in [-0.2, -0.15) is 4.98 Å². The second kappa shape index (κ2) is 8.24.